The molecule has 3 nitrogen and oxygen atoms in total. The highest BCUT2D eigenvalue weighted by Crippen LogP contribution is 2.43. The molecule has 1 aromatic heterocycles. The summed E-state index contributed by atoms with van der Waals surface area (Å²) in [6.45, 7) is 12.6. The largest absolute Gasteiger partial charge is 0.422 e. The second-order valence-electron chi connectivity index (χ2n) is 6.56. The molecule has 0 saturated heterocycles. The van der Waals surface area contributed by atoms with Crippen LogP contribution >= 0.6 is 0 Å². The number of hydrogen-bond acceptors (Lipinski definition) is 3. The number of anilines is 1. The Kier molecular flexibility index (Phi) is 3.12. The van der Waals surface area contributed by atoms with E-state index >= 15 is 0 Å². The fourth-order valence-electron chi connectivity index (χ4n) is 3.84. The third kappa shape index (κ3) is 1.90. The van der Waals surface area contributed by atoms with Crippen molar-refractivity contribution in [2.75, 3.05) is 5.32 Å². The van der Waals surface area contributed by atoms with Crippen LogP contribution in [-0.2, 0) is 0 Å². The molecule has 3 rings (SSSR count). The Morgan fingerprint density at radius 2 is 1.67 bits per heavy atom. The summed E-state index contributed by atoms with van der Waals surface area (Å²) < 4.78 is 5.63. The molecule has 1 aliphatic heterocycles. The molecule has 0 spiro atoms. The van der Waals surface area contributed by atoms with Crippen molar-refractivity contribution in [1.82, 2.24) is 0 Å². The average molecular weight is 285 g/mol. The van der Waals surface area contributed by atoms with Crippen molar-refractivity contribution in [2.45, 2.75) is 59.9 Å². The number of benzene rings is 1. The third-order valence-corrected chi connectivity index (χ3v) is 5.02. The maximum Gasteiger partial charge on any atom is 0.339 e. The molecule has 0 saturated carbocycles. The number of aryl methyl sites for hydroxylation is 3. The van der Waals surface area contributed by atoms with Gasteiger partial charge in [-0.1, -0.05) is 6.92 Å². The predicted octanol–water partition coefficient (Wildman–Crippen LogP) is 4.33. The van der Waals surface area contributed by atoms with Gasteiger partial charge in [0.2, 0.25) is 0 Å². The summed E-state index contributed by atoms with van der Waals surface area (Å²) in [7, 11) is 0. The lowest BCUT2D eigenvalue weighted by molar-refractivity contribution is 0.548. The van der Waals surface area contributed by atoms with Crippen LogP contribution in [0.15, 0.2) is 9.21 Å². The van der Waals surface area contributed by atoms with Crippen LogP contribution < -0.4 is 10.9 Å². The number of hydrogen-bond donors (Lipinski definition) is 1. The summed E-state index contributed by atoms with van der Waals surface area (Å²) in [5.74, 6) is 0.519. The van der Waals surface area contributed by atoms with E-state index in [-0.39, 0.29) is 5.63 Å². The first-order valence-corrected chi connectivity index (χ1v) is 7.66. The minimum absolute atomic E-state index is 0.223. The molecule has 0 fully saturated rings. The van der Waals surface area contributed by atoms with Gasteiger partial charge in [-0.05, 0) is 63.6 Å². The zero-order valence-corrected chi connectivity index (χ0v) is 13.7. The van der Waals surface area contributed by atoms with Gasteiger partial charge in [0.15, 0.2) is 0 Å². The van der Waals surface area contributed by atoms with Crippen LogP contribution in [-0.4, -0.2) is 6.04 Å². The SMILES string of the molecule is Cc1c(C)c2c(C)c3c(c(C)c2oc1=O)NC(C)CC3C. The molecule has 3 heteroatoms. The maximum absolute atomic E-state index is 12.0. The van der Waals surface area contributed by atoms with Gasteiger partial charge in [0.25, 0.3) is 0 Å². The summed E-state index contributed by atoms with van der Waals surface area (Å²) in [5, 5.41) is 4.70. The van der Waals surface area contributed by atoms with Crippen molar-refractivity contribution >= 4 is 16.7 Å². The molecule has 0 radical (unpaired) electrons. The molecule has 112 valence electrons. The Morgan fingerprint density at radius 1 is 1.00 bits per heavy atom. The van der Waals surface area contributed by atoms with Crippen molar-refractivity contribution < 1.29 is 4.42 Å². The van der Waals surface area contributed by atoms with Crippen molar-refractivity contribution in [2.24, 2.45) is 0 Å². The van der Waals surface area contributed by atoms with Gasteiger partial charge in [-0.3, -0.25) is 0 Å². The van der Waals surface area contributed by atoms with Crippen LogP contribution in [0.1, 0.15) is 54.0 Å². The molecule has 2 aromatic rings. The van der Waals surface area contributed by atoms with Crippen LogP contribution in [0, 0.1) is 27.7 Å². The van der Waals surface area contributed by atoms with Gasteiger partial charge in [-0.15, -0.1) is 0 Å². The summed E-state index contributed by atoms with van der Waals surface area (Å²) in [6, 6.07) is 0.446. The Morgan fingerprint density at radius 3 is 2.33 bits per heavy atom. The van der Waals surface area contributed by atoms with Crippen molar-refractivity contribution in [3.8, 4) is 0 Å². The van der Waals surface area contributed by atoms with Crippen LogP contribution in [0.2, 0.25) is 0 Å². The Hall–Kier alpha value is -1.77. The van der Waals surface area contributed by atoms with E-state index in [1.165, 1.54) is 11.1 Å². The highest BCUT2D eigenvalue weighted by Gasteiger charge is 2.27. The van der Waals surface area contributed by atoms with E-state index in [1.54, 1.807) is 0 Å². The Labute approximate surface area is 125 Å². The number of rotatable bonds is 0. The number of fused-ring (bicyclic) bond motifs is 2. The first kappa shape index (κ1) is 14.2. The lowest BCUT2D eigenvalue weighted by atomic mass is 9.82. The van der Waals surface area contributed by atoms with E-state index in [2.05, 4.69) is 33.0 Å². The maximum atomic E-state index is 12.0. The van der Waals surface area contributed by atoms with E-state index in [4.69, 9.17) is 4.42 Å². The third-order valence-electron chi connectivity index (χ3n) is 5.02. The molecule has 1 N–H and O–H groups in total. The molecule has 1 aromatic carbocycles. The van der Waals surface area contributed by atoms with E-state index in [0.717, 1.165) is 39.8 Å². The molecule has 0 aliphatic carbocycles. The van der Waals surface area contributed by atoms with Crippen LogP contribution in [0.3, 0.4) is 0 Å². The van der Waals surface area contributed by atoms with Gasteiger partial charge in [0.05, 0.1) is 0 Å². The quantitative estimate of drug-likeness (QED) is 0.732. The molecule has 0 bridgehead atoms. The Bertz CT molecular complexity index is 801. The topological polar surface area (TPSA) is 42.2 Å². The smallest absolute Gasteiger partial charge is 0.339 e. The van der Waals surface area contributed by atoms with E-state index in [0.29, 0.717) is 12.0 Å². The highest BCUT2D eigenvalue weighted by atomic mass is 16.4. The number of nitrogens with one attached hydrogen (secondary N) is 1. The van der Waals surface area contributed by atoms with Crippen molar-refractivity contribution in [1.29, 1.82) is 0 Å². The van der Waals surface area contributed by atoms with E-state index in [1.807, 2.05) is 13.8 Å². The molecule has 1 aliphatic rings. The zero-order chi connectivity index (χ0) is 15.5. The first-order valence-electron chi connectivity index (χ1n) is 7.66. The predicted molar refractivity (Wildman–Crippen MR) is 87.5 cm³/mol. The molecule has 2 unspecified atom stereocenters. The van der Waals surface area contributed by atoms with Crippen LogP contribution in [0.4, 0.5) is 5.69 Å². The van der Waals surface area contributed by atoms with Crippen LogP contribution in [0.25, 0.3) is 11.0 Å². The summed E-state index contributed by atoms with van der Waals surface area (Å²) in [6.07, 6.45) is 1.13. The van der Waals surface area contributed by atoms with Gasteiger partial charge in [-0.25, -0.2) is 4.79 Å². The fourth-order valence-corrected chi connectivity index (χ4v) is 3.84. The fraction of sp³-hybridized carbons (Fsp3) is 0.500. The van der Waals surface area contributed by atoms with Gasteiger partial charge in [0.1, 0.15) is 5.58 Å². The summed E-state index contributed by atoms with van der Waals surface area (Å²) >= 11 is 0. The van der Waals surface area contributed by atoms with Gasteiger partial charge in [0, 0.05) is 28.2 Å². The van der Waals surface area contributed by atoms with Gasteiger partial charge in [-0.2, -0.15) is 0 Å². The molecular weight excluding hydrogens is 262 g/mol. The van der Waals surface area contributed by atoms with Crippen molar-refractivity contribution in [3.63, 3.8) is 0 Å². The van der Waals surface area contributed by atoms with E-state index < -0.39 is 0 Å². The molecular formula is C18H23NO2. The lowest BCUT2D eigenvalue weighted by Gasteiger charge is -2.33. The molecule has 2 heterocycles. The van der Waals surface area contributed by atoms with Gasteiger partial charge < -0.3 is 9.73 Å². The zero-order valence-electron chi connectivity index (χ0n) is 13.7. The molecule has 0 amide bonds. The molecule has 21 heavy (non-hydrogen) atoms. The minimum Gasteiger partial charge on any atom is -0.422 e. The van der Waals surface area contributed by atoms with Gasteiger partial charge >= 0.3 is 5.63 Å². The normalized spacial score (nSPS) is 21.2. The summed E-state index contributed by atoms with van der Waals surface area (Å²) in [4.78, 5) is 12.0. The van der Waals surface area contributed by atoms with Crippen molar-refractivity contribution in [3.05, 3.63) is 38.2 Å². The summed E-state index contributed by atoms with van der Waals surface area (Å²) in [5.41, 5.74) is 7.15. The molecule has 2 atom stereocenters. The standard InChI is InChI=1S/C18H23NO2/c1-8-7-9(2)19-16-13(6)17-15(12(5)14(8)16)10(3)11(4)18(20)21-17/h8-9,19H,7H2,1-6H3. The second kappa shape index (κ2) is 4.62. The van der Waals surface area contributed by atoms with Crippen LogP contribution in [0.5, 0.6) is 0 Å². The Balaban J connectivity index is 2.51. The lowest BCUT2D eigenvalue weighted by Crippen LogP contribution is -2.26. The average Bonchev–Trinajstić information content (AvgIpc) is 2.41. The first-order chi connectivity index (χ1) is 9.82. The second-order valence-corrected chi connectivity index (χ2v) is 6.56. The minimum atomic E-state index is -0.223. The highest BCUT2D eigenvalue weighted by molar-refractivity contribution is 5.93. The monoisotopic (exact) mass is 285 g/mol. The van der Waals surface area contributed by atoms with E-state index in [9.17, 15) is 4.79 Å².